The lowest BCUT2D eigenvalue weighted by Crippen LogP contribution is -2.21. The Labute approximate surface area is 101 Å². The van der Waals surface area contributed by atoms with Crippen molar-refractivity contribution in [3.63, 3.8) is 0 Å². The Bertz CT molecular complexity index is 427. The zero-order valence-corrected chi connectivity index (χ0v) is 9.94. The van der Waals surface area contributed by atoms with Crippen LogP contribution in [0.25, 0.3) is 0 Å². The van der Waals surface area contributed by atoms with Crippen LogP contribution in [0.2, 0.25) is 0 Å². The van der Waals surface area contributed by atoms with Gasteiger partial charge in [-0.3, -0.25) is 4.79 Å². The van der Waals surface area contributed by atoms with Crippen LogP contribution >= 0.6 is 0 Å². The van der Waals surface area contributed by atoms with E-state index in [-0.39, 0.29) is 11.9 Å². The van der Waals surface area contributed by atoms with E-state index in [4.69, 9.17) is 5.73 Å². The number of anilines is 2. The number of Topliss-reactive ketones (excluding diaryl/α,β-unsaturated/α-hetero) is 1. The minimum atomic E-state index is -0.298. The van der Waals surface area contributed by atoms with E-state index in [0.29, 0.717) is 23.7 Å². The lowest BCUT2D eigenvalue weighted by atomic mass is 10.1. The molecule has 0 radical (unpaired) electrons. The van der Waals surface area contributed by atoms with Crippen LogP contribution < -0.4 is 11.1 Å². The molecule has 4 heteroatoms. The molecule has 0 saturated heterocycles. The van der Waals surface area contributed by atoms with Gasteiger partial charge in [-0.15, -0.1) is 0 Å². The van der Waals surface area contributed by atoms with E-state index in [1.165, 1.54) is 6.92 Å². The van der Waals surface area contributed by atoms with Gasteiger partial charge in [0.1, 0.15) is 0 Å². The summed E-state index contributed by atoms with van der Waals surface area (Å²) in [5.74, 6) is 0.400. The summed E-state index contributed by atoms with van der Waals surface area (Å²) in [4.78, 5) is 11.3. The Balaban J connectivity index is 2.00. The Morgan fingerprint density at radius 3 is 2.88 bits per heavy atom. The van der Waals surface area contributed by atoms with Gasteiger partial charge in [-0.2, -0.15) is 0 Å². The maximum atomic E-state index is 11.3. The Kier molecular flexibility index (Phi) is 3.33. The van der Waals surface area contributed by atoms with E-state index in [1.54, 1.807) is 12.1 Å². The molecule has 0 bridgehead atoms. The van der Waals surface area contributed by atoms with Crippen molar-refractivity contribution >= 4 is 17.2 Å². The second kappa shape index (κ2) is 4.75. The highest BCUT2D eigenvalue weighted by Crippen LogP contribution is 2.32. The summed E-state index contributed by atoms with van der Waals surface area (Å²) in [6.45, 7) is 2.01. The lowest BCUT2D eigenvalue weighted by Gasteiger charge is -2.13. The quantitative estimate of drug-likeness (QED) is 0.535. The van der Waals surface area contributed by atoms with Gasteiger partial charge in [0.05, 0.1) is 6.10 Å². The lowest BCUT2D eigenvalue weighted by molar-refractivity contribution is 0.101. The normalized spacial score (nSPS) is 16.6. The van der Waals surface area contributed by atoms with Crippen molar-refractivity contribution in [3.8, 4) is 0 Å². The fraction of sp³-hybridized carbons (Fsp3) is 0.462. The smallest absolute Gasteiger partial charge is 0.161 e. The van der Waals surface area contributed by atoms with E-state index in [0.717, 1.165) is 18.5 Å². The van der Waals surface area contributed by atoms with Crippen LogP contribution in [0.1, 0.15) is 30.1 Å². The number of rotatable bonds is 5. The summed E-state index contributed by atoms with van der Waals surface area (Å²) in [6, 6.07) is 5.27. The molecule has 1 atom stereocenters. The first-order valence-corrected chi connectivity index (χ1v) is 5.90. The molecule has 2 rings (SSSR count). The highest BCUT2D eigenvalue weighted by molar-refractivity contribution is 5.99. The number of aliphatic hydroxyl groups is 1. The van der Waals surface area contributed by atoms with Gasteiger partial charge >= 0.3 is 0 Å². The predicted molar refractivity (Wildman–Crippen MR) is 68.1 cm³/mol. The van der Waals surface area contributed by atoms with Crippen LogP contribution in [0, 0.1) is 5.92 Å². The third kappa shape index (κ3) is 2.97. The Morgan fingerprint density at radius 1 is 1.59 bits per heavy atom. The van der Waals surface area contributed by atoms with Crippen LogP contribution in [0.15, 0.2) is 18.2 Å². The van der Waals surface area contributed by atoms with Crippen LogP contribution in [0.3, 0.4) is 0 Å². The molecule has 1 unspecified atom stereocenters. The molecule has 1 aliphatic rings. The van der Waals surface area contributed by atoms with Gasteiger partial charge in [-0.05, 0) is 43.9 Å². The molecule has 1 saturated carbocycles. The molecule has 0 amide bonds. The SMILES string of the molecule is CC(=O)c1cc(NCC(O)C2CC2)ccc1N. The highest BCUT2D eigenvalue weighted by Gasteiger charge is 2.29. The van der Waals surface area contributed by atoms with Gasteiger partial charge < -0.3 is 16.2 Å². The van der Waals surface area contributed by atoms with Gasteiger partial charge in [-0.1, -0.05) is 0 Å². The number of hydrogen-bond acceptors (Lipinski definition) is 4. The zero-order valence-electron chi connectivity index (χ0n) is 9.94. The summed E-state index contributed by atoms with van der Waals surface area (Å²) >= 11 is 0. The number of benzene rings is 1. The largest absolute Gasteiger partial charge is 0.398 e. The van der Waals surface area contributed by atoms with Crippen LogP contribution in [0.4, 0.5) is 11.4 Å². The van der Waals surface area contributed by atoms with Crippen molar-refractivity contribution in [2.24, 2.45) is 5.92 Å². The van der Waals surface area contributed by atoms with Crippen LogP contribution in [-0.4, -0.2) is 23.5 Å². The molecule has 4 nitrogen and oxygen atoms in total. The number of carbonyl (C=O) groups excluding carboxylic acids is 1. The maximum Gasteiger partial charge on any atom is 0.161 e. The molecular weight excluding hydrogens is 216 g/mol. The predicted octanol–water partition coefficient (Wildman–Crippen LogP) is 1.65. The second-order valence-electron chi connectivity index (χ2n) is 4.64. The Morgan fingerprint density at radius 2 is 2.29 bits per heavy atom. The van der Waals surface area contributed by atoms with Crippen LogP contribution in [-0.2, 0) is 0 Å². The fourth-order valence-corrected chi connectivity index (χ4v) is 1.84. The molecular formula is C13H18N2O2. The minimum absolute atomic E-state index is 0.0473. The number of ketones is 1. The molecule has 0 aromatic heterocycles. The van der Waals surface area contributed by atoms with Gasteiger partial charge in [0, 0.05) is 23.5 Å². The number of carbonyl (C=O) groups is 1. The van der Waals surface area contributed by atoms with E-state index in [1.807, 2.05) is 6.07 Å². The van der Waals surface area contributed by atoms with E-state index < -0.39 is 0 Å². The Hall–Kier alpha value is -1.55. The minimum Gasteiger partial charge on any atom is -0.398 e. The van der Waals surface area contributed by atoms with Crippen molar-refractivity contribution in [1.82, 2.24) is 0 Å². The first kappa shape index (κ1) is 11.9. The van der Waals surface area contributed by atoms with Gasteiger partial charge in [0.15, 0.2) is 5.78 Å². The van der Waals surface area contributed by atoms with E-state index in [2.05, 4.69) is 5.32 Å². The summed E-state index contributed by atoms with van der Waals surface area (Å²) in [7, 11) is 0. The maximum absolute atomic E-state index is 11.3. The van der Waals surface area contributed by atoms with Gasteiger partial charge in [0.25, 0.3) is 0 Å². The van der Waals surface area contributed by atoms with Gasteiger partial charge in [-0.25, -0.2) is 0 Å². The van der Waals surface area contributed by atoms with Crippen molar-refractivity contribution in [1.29, 1.82) is 0 Å². The molecule has 4 N–H and O–H groups in total. The third-order valence-electron chi connectivity index (χ3n) is 3.11. The van der Waals surface area contributed by atoms with Gasteiger partial charge in [0.2, 0.25) is 0 Å². The summed E-state index contributed by atoms with van der Waals surface area (Å²) < 4.78 is 0. The fourth-order valence-electron chi connectivity index (χ4n) is 1.84. The highest BCUT2D eigenvalue weighted by atomic mass is 16.3. The number of hydrogen-bond donors (Lipinski definition) is 3. The average Bonchev–Trinajstić information content (AvgIpc) is 3.11. The van der Waals surface area contributed by atoms with Crippen molar-refractivity contribution in [3.05, 3.63) is 23.8 Å². The molecule has 1 aromatic rings. The average molecular weight is 234 g/mol. The van der Waals surface area contributed by atoms with Crippen molar-refractivity contribution in [2.45, 2.75) is 25.9 Å². The monoisotopic (exact) mass is 234 g/mol. The van der Waals surface area contributed by atoms with E-state index in [9.17, 15) is 9.90 Å². The molecule has 1 aromatic carbocycles. The summed E-state index contributed by atoms with van der Waals surface area (Å²) in [5.41, 5.74) is 7.55. The third-order valence-corrected chi connectivity index (χ3v) is 3.11. The molecule has 0 spiro atoms. The summed E-state index contributed by atoms with van der Waals surface area (Å²) in [6.07, 6.45) is 1.93. The second-order valence-corrected chi connectivity index (χ2v) is 4.64. The molecule has 0 aliphatic heterocycles. The van der Waals surface area contributed by atoms with E-state index >= 15 is 0 Å². The molecule has 92 valence electrons. The van der Waals surface area contributed by atoms with Crippen LogP contribution in [0.5, 0.6) is 0 Å². The first-order valence-electron chi connectivity index (χ1n) is 5.90. The first-order chi connectivity index (χ1) is 8.08. The standard InChI is InChI=1S/C13H18N2O2/c1-8(16)11-6-10(4-5-12(11)14)15-7-13(17)9-2-3-9/h4-6,9,13,15,17H,2-3,7,14H2,1H3. The number of nitrogen functional groups attached to an aromatic ring is 1. The number of nitrogens with two attached hydrogens (primary N) is 1. The number of aliphatic hydroxyl groups excluding tert-OH is 1. The zero-order chi connectivity index (χ0) is 12.4. The number of nitrogens with one attached hydrogen (secondary N) is 1. The molecule has 1 fully saturated rings. The summed E-state index contributed by atoms with van der Waals surface area (Å²) in [5, 5.41) is 12.9. The topological polar surface area (TPSA) is 75.3 Å². The molecule has 17 heavy (non-hydrogen) atoms. The van der Waals surface area contributed by atoms with Crippen molar-refractivity contribution < 1.29 is 9.90 Å². The molecule has 0 heterocycles. The van der Waals surface area contributed by atoms with Crippen molar-refractivity contribution in [2.75, 3.05) is 17.6 Å². The molecule has 1 aliphatic carbocycles.